The maximum Gasteiger partial charge on any atom is 0.159 e. The number of ketones is 3. The average molecular weight is 367 g/mol. The molecule has 3 nitrogen and oxygen atoms in total. The smallest absolute Gasteiger partial charge is 0.159 e. The van der Waals surface area contributed by atoms with E-state index in [1.165, 1.54) is 5.57 Å². The van der Waals surface area contributed by atoms with E-state index in [-0.39, 0.29) is 34.6 Å². The standard InChI is InChI=1S/C24H30O3/c1-13-14(2)19(26)11-18-16(13)7-8-20-22(4)10-9-17(15(3)25)23(22,5)12-21(27)24(18,20)6/h7,9,18,20H,8,10-12H2,1-6H3/t18-,20+,22+,23-,24+/m1/s1. The lowest BCUT2D eigenvalue weighted by Gasteiger charge is -2.62. The van der Waals surface area contributed by atoms with Crippen molar-refractivity contribution in [2.75, 3.05) is 0 Å². The minimum atomic E-state index is -0.532. The molecule has 3 heteroatoms. The molecule has 0 amide bonds. The highest BCUT2D eigenvalue weighted by Gasteiger charge is 2.68. The van der Waals surface area contributed by atoms with Crippen LogP contribution in [0.2, 0.25) is 0 Å². The molecule has 4 aliphatic rings. The summed E-state index contributed by atoms with van der Waals surface area (Å²) in [4.78, 5) is 38.6. The summed E-state index contributed by atoms with van der Waals surface area (Å²) in [5.74, 6) is 0.626. The topological polar surface area (TPSA) is 51.2 Å². The van der Waals surface area contributed by atoms with E-state index in [1.54, 1.807) is 6.92 Å². The van der Waals surface area contributed by atoms with Gasteiger partial charge in [-0.3, -0.25) is 14.4 Å². The number of fused-ring (bicyclic) bond motifs is 5. The van der Waals surface area contributed by atoms with Crippen LogP contribution in [0, 0.1) is 28.1 Å². The van der Waals surface area contributed by atoms with Crippen LogP contribution in [0.5, 0.6) is 0 Å². The Balaban J connectivity index is 1.88. The molecular formula is C24H30O3. The van der Waals surface area contributed by atoms with Gasteiger partial charge in [0.2, 0.25) is 0 Å². The number of hydrogen-bond acceptors (Lipinski definition) is 3. The van der Waals surface area contributed by atoms with Crippen LogP contribution in [0.15, 0.2) is 34.4 Å². The predicted octanol–water partition coefficient (Wildman–Crippen LogP) is 4.77. The third-order valence-electron chi connectivity index (χ3n) is 9.05. The molecule has 27 heavy (non-hydrogen) atoms. The summed E-state index contributed by atoms with van der Waals surface area (Å²) in [7, 11) is 0. The monoisotopic (exact) mass is 366 g/mol. The molecule has 1 fully saturated rings. The maximum atomic E-state index is 13.7. The van der Waals surface area contributed by atoms with Crippen LogP contribution in [-0.4, -0.2) is 17.3 Å². The molecule has 5 atom stereocenters. The zero-order chi connectivity index (χ0) is 19.9. The highest BCUT2D eigenvalue weighted by molar-refractivity contribution is 6.01. The first-order valence-corrected chi connectivity index (χ1v) is 10.1. The Morgan fingerprint density at radius 1 is 1.07 bits per heavy atom. The fraction of sp³-hybridized carbons (Fsp3) is 0.625. The predicted molar refractivity (Wildman–Crippen MR) is 105 cm³/mol. The van der Waals surface area contributed by atoms with Crippen molar-refractivity contribution in [2.45, 2.75) is 67.2 Å². The molecule has 0 N–H and O–H groups in total. The number of rotatable bonds is 1. The third-order valence-corrected chi connectivity index (χ3v) is 9.05. The Hall–Kier alpha value is -1.77. The number of carbonyl (C=O) groups excluding carboxylic acids is 3. The second-order valence-corrected chi connectivity index (χ2v) is 9.89. The van der Waals surface area contributed by atoms with E-state index < -0.39 is 10.8 Å². The van der Waals surface area contributed by atoms with Gasteiger partial charge in [-0.05, 0) is 67.2 Å². The van der Waals surface area contributed by atoms with Gasteiger partial charge in [0, 0.05) is 29.6 Å². The van der Waals surface area contributed by atoms with Crippen molar-refractivity contribution in [1.29, 1.82) is 0 Å². The van der Waals surface area contributed by atoms with E-state index in [0.717, 1.165) is 29.6 Å². The van der Waals surface area contributed by atoms with Crippen LogP contribution in [0.1, 0.15) is 67.2 Å². The Morgan fingerprint density at radius 3 is 2.37 bits per heavy atom. The third kappa shape index (κ3) is 2.01. The molecule has 0 unspecified atom stereocenters. The molecule has 0 heterocycles. The van der Waals surface area contributed by atoms with Gasteiger partial charge >= 0.3 is 0 Å². The van der Waals surface area contributed by atoms with Crippen molar-refractivity contribution >= 4 is 17.3 Å². The number of allylic oxidation sites excluding steroid dienone is 6. The molecule has 4 rings (SSSR count). The van der Waals surface area contributed by atoms with Gasteiger partial charge in [-0.1, -0.05) is 32.9 Å². The molecule has 0 aliphatic heterocycles. The largest absolute Gasteiger partial charge is 0.299 e. The first kappa shape index (κ1) is 18.6. The molecule has 0 aromatic carbocycles. The van der Waals surface area contributed by atoms with Crippen LogP contribution < -0.4 is 0 Å². The van der Waals surface area contributed by atoms with Gasteiger partial charge in [-0.15, -0.1) is 0 Å². The van der Waals surface area contributed by atoms with E-state index in [9.17, 15) is 14.4 Å². The van der Waals surface area contributed by atoms with Crippen LogP contribution in [0.4, 0.5) is 0 Å². The molecule has 0 aromatic rings. The Kier molecular flexibility index (Phi) is 3.71. The van der Waals surface area contributed by atoms with E-state index in [1.807, 2.05) is 13.8 Å². The van der Waals surface area contributed by atoms with Gasteiger partial charge < -0.3 is 0 Å². The summed E-state index contributed by atoms with van der Waals surface area (Å²) in [5, 5.41) is 0. The summed E-state index contributed by atoms with van der Waals surface area (Å²) in [6.45, 7) is 12.0. The van der Waals surface area contributed by atoms with Crippen LogP contribution in [-0.2, 0) is 14.4 Å². The Labute approximate surface area is 162 Å². The summed E-state index contributed by atoms with van der Waals surface area (Å²) >= 11 is 0. The van der Waals surface area contributed by atoms with Gasteiger partial charge in [0.15, 0.2) is 11.6 Å². The summed E-state index contributed by atoms with van der Waals surface area (Å²) in [5.41, 5.74) is 2.90. The van der Waals surface area contributed by atoms with Crippen LogP contribution in [0.3, 0.4) is 0 Å². The van der Waals surface area contributed by atoms with Crippen LogP contribution >= 0.6 is 0 Å². The second kappa shape index (κ2) is 5.40. The number of carbonyl (C=O) groups is 3. The molecule has 0 bridgehead atoms. The number of Topliss-reactive ketones (excluding diaryl/α,β-unsaturated/α-hetero) is 3. The lowest BCUT2D eigenvalue weighted by molar-refractivity contribution is -0.161. The van der Waals surface area contributed by atoms with Crippen molar-refractivity contribution in [3.05, 3.63) is 34.4 Å². The molecule has 0 spiro atoms. The summed E-state index contributed by atoms with van der Waals surface area (Å²) < 4.78 is 0. The molecule has 4 aliphatic carbocycles. The van der Waals surface area contributed by atoms with E-state index >= 15 is 0 Å². The lowest BCUT2D eigenvalue weighted by atomic mass is 9.40. The normalized spacial score (nSPS) is 43.6. The highest BCUT2D eigenvalue weighted by atomic mass is 16.1. The minimum Gasteiger partial charge on any atom is -0.299 e. The number of hydrogen-bond donors (Lipinski definition) is 0. The van der Waals surface area contributed by atoms with Gasteiger partial charge in [0.25, 0.3) is 0 Å². The molecule has 1 saturated carbocycles. The quantitative estimate of drug-likeness (QED) is 0.672. The summed E-state index contributed by atoms with van der Waals surface area (Å²) in [6.07, 6.45) is 6.90. The second-order valence-electron chi connectivity index (χ2n) is 9.89. The first-order valence-electron chi connectivity index (χ1n) is 10.1. The Morgan fingerprint density at radius 2 is 1.74 bits per heavy atom. The van der Waals surface area contributed by atoms with Crippen molar-refractivity contribution in [1.82, 2.24) is 0 Å². The first-order chi connectivity index (χ1) is 12.5. The zero-order valence-corrected chi connectivity index (χ0v) is 17.4. The lowest BCUT2D eigenvalue weighted by Crippen LogP contribution is -2.61. The van der Waals surface area contributed by atoms with Gasteiger partial charge in [0.05, 0.1) is 0 Å². The molecular weight excluding hydrogens is 336 g/mol. The van der Waals surface area contributed by atoms with Crippen molar-refractivity contribution in [3.63, 3.8) is 0 Å². The SMILES string of the molecule is CC(=O)C1=CC[C@@]2(C)[C@@H]3CC=C4C(C)=C(C)C(=O)C[C@H]4[C@]3(C)C(=O)C[C@]12C. The van der Waals surface area contributed by atoms with E-state index in [4.69, 9.17) is 0 Å². The fourth-order valence-corrected chi connectivity index (χ4v) is 6.95. The molecule has 0 aromatic heterocycles. The van der Waals surface area contributed by atoms with Gasteiger partial charge in [-0.25, -0.2) is 0 Å². The average Bonchev–Trinajstić information content (AvgIpc) is 2.85. The van der Waals surface area contributed by atoms with Gasteiger partial charge in [0.1, 0.15) is 5.78 Å². The van der Waals surface area contributed by atoms with E-state index in [0.29, 0.717) is 12.8 Å². The summed E-state index contributed by atoms with van der Waals surface area (Å²) in [6, 6.07) is 0. The molecule has 0 radical (unpaired) electrons. The van der Waals surface area contributed by atoms with Crippen molar-refractivity contribution in [3.8, 4) is 0 Å². The highest BCUT2D eigenvalue weighted by Crippen LogP contribution is 2.70. The minimum absolute atomic E-state index is 0.0253. The Bertz CT molecular complexity index is 885. The molecule has 144 valence electrons. The molecule has 0 saturated heterocycles. The maximum absolute atomic E-state index is 13.7. The fourth-order valence-electron chi connectivity index (χ4n) is 6.95. The van der Waals surface area contributed by atoms with Gasteiger partial charge in [-0.2, -0.15) is 0 Å². The van der Waals surface area contributed by atoms with Crippen molar-refractivity contribution in [2.24, 2.45) is 28.1 Å². The van der Waals surface area contributed by atoms with Crippen molar-refractivity contribution < 1.29 is 14.4 Å². The zero-order valence-electron chi connectivity index (χ0n) is 17.4. The van der Waals surface area contributed by atoms with E-state index in [2.05, 4.69) is 32.9 Å². The van der Waals surface area contributed by atoms with Crippen LogP contribution in [0.25, 0.3) is 0 Å².